The first-order valence-corrected chi connectivity index (χ1v) is 9.68. The van der Waals surface area contributed by atoms with Gasteiger partial charge in [0.15, 0.2) is 0 Å². The number of amides is 1. The highest BCUT2D eigenvalue weighted by atomic mass is 19.4. The van der Waals surface area contributed by atoms with E-state index in [0.29, 0.717) is 24.6 Å². The Hall–Kier alpha value is -3.12. The number of carbonyl (C=O) groups is 1. The number of nitrogens with one attached hydrogen (secondary N) is 1. The summed E-state index contributed by atoms with van der Waals surface area (Å²) in [7, 11) is 0. The summed E-state index contributed by atoms with van der Waals surface area (Å²) in [5.41, 5.74) is -1.64. The van der Waals surface area contributed by atoms with Crippen LogP contribution in [-0.4, -0.2) is 31.0 Å². The summed E-state index contributed by atoms with van der Waals surface area (Å²) >= 11 is 0. The van der Waals surface area contributed by atoms with Gasteiger partial charge in [0.05, 0.1) is 17.9 Å². The lowest BCUT2D eigenvalue weighted by atomic mass is 10.1. The fourth-order valence-corrected chi connectivity index (χ4v) is 2.52. The first-order chi connectivity index (χ1) is 15.6. The lowest BCUT2D eigenvalue weighted by molar-refractivity contribution is -0.304. The van der Waals surface area contributed by atoms with Gasteiger partial charge >= 0.3 is 18.5 Å². The van der Waals surface area contributed by atoms with Crippen LogP contribution in [0.25, 0.3) is 0 Å². The highest BCUT2D eigenvalue weighted by molar-refractivity contribution is 6.05. The zero-order valence-electron chi connectivity index (χ0n) is 17.4. The molecule has 1 N–H and O–H groups in total. The van der Waals surface area contributed by atoms with Crippen molar-refractivity contribution < 1.29 is 53.8 Å². The minimum Gasteiger partial charge on any atom is -0.491 e. The van der Waals surface area contributed by atoms with E-state index in [1.807, 2.05) is 6.92 Å². The van der Waals surface area contributed by atoms with Gasteiger partial charge in [-0.15, -0.1) is 0 Å². The van der Waals surface area contributed by atoms with Crippen LogP contribution in [0.3, 0.4) is 0 Å². The molecule has 1 amide bonds. The normalized spacial score (nSPS) is 13.4. The van der Waals surface area contributed by atoms with Crippen molar-refractivity contribution in [2.24, 2.45) is 0 Å². The second-order valence-corrected chi connectivity index (χ2v) is 6.96. The zero-order chi connectivity index (χ0) is 25.7. The maximum Gasteiger partial charge on any atom is 0.439 e. The lowest BCUT2D eigenvalue weighted by Crippen LogP contribution is -2.45. The number of hydrogen-bond acceptors (Lipinski definition) is 3. The van der Waals surface area contributed by atoms with E-state index in [9.17, 15) is 44.3 Å². The Morgan fingerprint density at radius 1 is 0.971 bits per heavy atom. The monoisotopic (exact) mass is 503 g/mol. The molecule has 0 aliphatic heterocycles. The van der Waals surface area contributed by atoms with Crippen LogP contribution in [0.2, 0.25) is 0 Å². The van der Waals surface area contributed by atoms with Crippen molar-refractivity contribution in [2.45, 2.75) is 44.4 Å². The van der Waals surface area contributed by atoms with Gasteiger partial charge in [-0.3, -0.25) is 4.79 Å². The Kier molecular flexibility index (Phi) is 8.32. The molecule has 0 fully saturated rings. The van der Waals surface area contributed by atoms with E-state index < -0.39 is 41.9 Å². The number of benzene rings is 2. The van der Waals surface area contributed by atoms with Gasteiger partial charge in [0.2, 0.25) is 0 Å². The largest absolute Gasteiger partial charge is 0.491 e. The van der Waals surface area contributed by atoms with E-state index in [-0.39, 0.29) is 23.6 Å². The molecular weight excluding hydrogens is 485 g/mol. The molecule has 13 heteroatoms. The number of alkyl halides is 9. The van der Waals surface area contributed by atoms with Crippen LogP contribution >= 0.6 is 0 Å². The number of ether oxygens (including phenoxy) is 2. The maximum absolute atomic E-state index is 13.3. The molecular formula is C21H18F9NO3. The third kappa shape index (κ3) is 7.19. The van der Waals surface area contributed by atoms with Crippen molar-refractivity contribution >= 4 is 11.6 Å². The summed E-state index contributed by atoms with van der Waals surface area (Å²) in [6, 6.07) is 5.51. The van der Waals surface area contributed by atoms with E-state index in [1.165, 1.54) is 0 Å². The third-order valence-electron chi connectivity index (χ3n) is 4.26. The molecule has 0 saturated carbocycles. The molecule has 1 unspecified atom stereocenters. The van der Waals surface area contributed by atoms with Gasteiger partial charge in [-0.05, 0) is 48.9 Å². The molecule has 0 bridgehead atoms. The Labute approximate surface area is 187 Å². The molecule has 0 saturated heterocycles. The van der Waals surface area contributed by atoms with E-state index in [2.05, 4.69) is 10.1 Å². The van der Waals surface area contributed by atoms with Gasteiger partial charge in [-0.2, -0.15) is 35.1 Å². The molecule has 0 heterocycles. The van der Waals surface area contributed by atoms with Gasteiger partial charge in [0.25, 0.3) is 12.1 Å². The van der Waals surface area contributed by atoms with E-state index >= 15 is 0 Å². The molecule has 0 aromatic heterocycles. The average Bonchev–Trinajstić information content (AvgIpc) is 2.73. The predicted molar refractivity (Wildman–Crippen MR) is 103 cm³/mol. The first-order valence-electron chi connectivity index (χ1n) is 9.68. The molecule has 0 radical (unpaired) electrons. The molecule has 2 rings (SSSR count). The summed E-state index contributed by atoms with van der Waals surface area (Å²) < 4.78 is 125. The van der Waals surface area contributed by atoms with Gasteiger partial charge in [0, 0.05) is 5.56 Å². The SMILES string of the molecule is CCCCOc1ccc(C(F)(F)F)cc1NC(=O)c1ccc(OC(F)(F)C(F)C(F)(F)F)cc1. The van der Waals surface area contributed by atoms with Crippen molar-refractivity contribution in [3.8, 4) is 11.5 Å². The summed E-state index contributed by atoms with van der Waals surface area (Å²) in [4.78, 5) is 12.4. The van der Waals surface area contributed by atoms with Crippen molar-refractivity contribution in [1.29, 1.82) is 0 Å². The van der Waals surface area contributed by atoms with Crippen molar-refractivity contribution in [2.75, 3.05) is 11.9 Å². The minimum absolute atomic E-state index is 0.0458. The Bertz CT molecular complexity index is 973. The van der Waals surface area contributed by atoms with E-state index in [0.717, 1.165) is 30.7 Å². The van der Waals surface area contributed by atoms with Crippen molar-refractivity contribution in [1.82, 2.24) is 0 Å². The quantitative estimate of drug-likeness (QED) is 0.296. The Morgan fingerprint density at radius 3 is 2.12 bits per heavy atom. The zero-order valence-corrected chi connectivity index (χ0v) is 17.4. The van der Waals surface area contributed by atoms with Crippen LogP contribution in [0.5, 0.6) is 11.5 Å². The Balaban J connectivity index is 2.20. The van der Waals surface area contributed by atoms with Crippen molar-refractivity contribution in [3.63, 3.8) is 0 Å². The molecule has 4 nitrogen and oxygen atoms in total. The topological polar surface area (TPSA) is 47.6 Å². The summed E-state index contributed by atoms with van der Waals surface area (Å²) in [5, 5.41) is 2.21. The highest BCUT2D eigenvalue weighted by Gasteiger charge is 2.59. The fourth-order valence-electron chi connectivity index (χ4n) is 2.52. The molecule has 2 aromatic carbocycles. The lowest BCUT2D eigenvalue weighted by Gasteiger charge is -2.23. The van der Waals surface area contributed by atoms with Crippen LogP contribution in [0, 0.1) is 0 Å². The summed E-state index contributed by atoms with van der Waals surface area (Å²) in [6.07, 6.45) is -19.1. The first kappa shape index (κ1) is 27.1. The fraction of sp³-hybridized carbons (Fsp3) is 0.381. The number of rotatable bonds is 9. The van der Waals surface area contributed by atoms with Gasteiger partial charge in [0.1, 0.15) is 11.5 Å². The van der Waals surface area contributed by atoms with Crippen LogP contribution in [-0.2, 0) is 6.18 Å². The second-order valence-electron chi connectivity index (χ2n) is 6.96. The van der Waals surface area contributed by atoms with E-state index in [4.69, 9.17) is 4.74 Å². The second kappa shape index (κ2) is 10.4. The molecule has 2 aromatic rings. The van der Waals surface area contributed by atoms with Crippen LogP contribution in [0.4, 0.5) is 45.2 Å². The molecule has 0 aliphatic rings. The van der Waals surface area contributed by atoms with Gasteiger partial charge in [-0.25, -0.2) is 4.39 Å². The number of anilines is 1. The molecule has 0 aliphatic carbocycles. The van der Waals surface area contributed by atoms with Gasteiger partial charge < -0.3 is 14.8 Å². The molecule has 1 atom stereocenters. The highest BCUT2D eigenvalue weighted by Crippen LogP contribution is 2.37. The number of unbranched alkanes of at least 4 members (excludes halogenated alkanes) is 1. The summed E-state index contributed by atoms with van der Waals surface area (Å²) in [6.45, 7) is 2.03. The standard InChI is InChI=1S/C21H18F9NO3/c1-2-3-10-33-16-9-6-13(19(23,24)25)11-15(16)31-17(32)12-4-7-14(8-5-12)34-21(29,30)18(22)20(26,27)28/h4-9,11,18H,2-3,10H2,1H3,(H,31,32). The molecule has 0 spiro atoms. The minimum atomic E-state index is -5.87. The van der Waals surface area contributed by atoms with E-state index in [1.54, 1.807) is 0 Å². The van der Waals surface area contributed by atoms with Crippen LogP contribution < -0.4 is 14.8 Å². The predicted octanol–water partition coefficient (Wildman–Crippen LogP) is 7.01. The smallest absolute Gasteiger partial charge is 0.439 e. The van der Waals surface area contributed by atoms with Crippen LogP contribution in [0.1, 0.15) is 35.7 Å². The third-order valence-corrected chi connectivity index (χ3v) is 4.26. The summed E-state index contributed by atoms with van der Waals surface area (Å²) in [5.74, 6) is -1.90. The Morgan fingerprint density at radius 2 is 1.59 bits per heavy atom. The number of carbonyl (C=O) groups excluding carboxylic acids is 1. The average molecular weight is 503 g/mol. The number of halogens is 9. The maximum atomic E-state index is 13.3. The van der Waals surface area contributed by atoms with Crippen molar-refractivity contribution in [3.05, 3.63) is 53.6 Å². The molecule has 34 heavy (non-hydrogen) atoms. The number of hydrogen-bond donors (Lipinski definition) is 1. The van der Waals surface area contributed by atoms with Gasteiger partial charge in [-0.1, -0.05) is 13.3 Å². The van der Waals surface area contributed by atoms with Crippen LogP contribution in [0.15, 0.2) is 42.5 Å². The molecule has 188 valence electrons.